The second-order valence-corrected chi connectivity index (χ2v) is 7.84. The topological polar surface area (TPSA) is 82.3 Å². The lowest BCUT2D eigenvalue weighted by Crippen LogP contribution is -2.35. The zero-order valence-electron chi connectivity index (χ0n) is 13.7. The SMILES string of the molecule is CC(C)OCC(N)CS(=O)(=O)Cc1cnc2ccccc2c1.Cl.Cl. The third kappa shape index (κ3) is 7.32. The van der Waals surface area contributed by atoms with Crippen molar-refractivity contribution in [3.8, 4) is 0 Å². The van der Waals surface area contributed by atoms with Crippen LogP contribution in [0.25, 0.3) is 10.9 Å². The van der Waals surface area contributed by atoms with Crippen molar-refractivity contribution < 1.29 is 13.2 Å². The third-order valence-electron chi connectivity index (χ3n) is 3.15. The molecule has 2 aromatic rings. The summed E-state index contributed by atoms with van der Waals surface area (Å²) in [6, 6.07) is 8.96. The lowest BCUT2D eigenvalue weighted by Gasteiger charge is -2.14. The van der Waals surface area contributed by atoms with Gasteiger partial charge in [0.1, 0.15) is 0 Å². The number of rotatable bonds is 7. The van der Waals surface area contributed by atoms with Crippen LogP contribution >= 0.6 is 24.8 Å². The summed E-state index contributed by atoms with van der Waals surface area (Å²) in [5, 5.41) is 0.933. The van der Waals surface area contributed by atoms with E-state index in [-0.39, 0.29) is 49.0 Å². The minimum atomic E-state index is -3.30. The average Bonchev–Trinajstić information content (AvgIpc) is 2.44. The number of nitrogens with zero attached hydrogens (tertiary/aromatic N) is 1. The number of ether oxygens (including phenoxy) is 1. The Labute approximate surface area is 155 Å². The Morgan fingerprint density at radius 1 is 1.21 bits per heavy atom. The van der Waals surface area contributed by atoms with Crippen molar-refractivity contribution in [1.82, 2.24) is 4.98 Å². The fourth-order valence-corrected chi connectivity index (χ4v) is 3.73. The molecule has 8 heteroatoms. The molecule has 1 aromatic heterocycles. The van der Waals surface area contributed by atoms with Crippen molar-refractivity contribution in [3.05, 3.63) is 42.1 Å². The minimum absolute atomic E-state index is 0. The molecule has 5 nitrogen and oxygen atoms in total. The molecule has 136 valence electrons. The van der Waals surface area contributed by atoms with Crippen LogP contribution in [0.4, 0.5) is 0 Å². The van der Waals surface area contributed by atoms with E-state index in [2.05, 4.69) is 4.98 Å². The molecule has 1 heterocycles. The molecule has 0 saturated carbocycles. The maximum absolute atomic E-state index is 12.2. The highest BCUT2D eigenvalue weighted by molar-refractivity contribution is 7.90. The number of sulfone groups is 1. The van der Waals surface area contributed by atoms with Gasteiger partial charge < -0.3 is 10.5 Å². The molecule has 0 radical (unpaired) electrons. The second kappa shape index (κ2) is 10.2. The highest BCUT2D eigenvalue weighted by Gasteiger charge is 2.18. The van der Waals surface area contributed by atoms with Crippen molar-refractivity contribution >= 4 is 45.6 Å². The molecular weight excluding hydrogens is 371 g/mol. The fourth-order valence-electron chi connectivity index (χ4n) is 2.20. The predicted octanol–water partition coefficient (Wildman–Crippen LogP) is 2.75. The van der Waals surface area contributed by atoms with E-state index in [9.17, 15) is 8.42 Å². The lowest BCUT2D eigenvalue weighted by molar-refractivity contribution is 0.0717. The van der Waals surface area contributed by atoms with Gasteiger partial charge in [-0.2, -0.15) is 0 Å². The molecule has 0 fully saturated rings. The summed E-state index contributed by atoms with van der Waals surface area (Å²) < 4.78 is 29.8. The van der Waals surface area contributed by atoms with Crippen LogP contribution in [0.1, 0.15) is 19.4 Å². The van der Waals surface area contributed by atoms with E-state index < -0.39 is 15.9 Å². The fraction of sp³-hybridized carbons (Fsp3) is 0.438. The van der Waals surface area contributed by atoms with Gasteiger partial charge in [-0.25, -0.2) is 8.42 Å². The standard InChI is InChI=1S/C16H22N2O3S.2ClH/c1-12(2)21-9-15(17)11-22(19,20)10-13-7-14-5-3-4-6-16(14)18-8-13;;/h3-8,12,15H,9-11,17H2,1-2H3;2*1H. The predicted molar refractivity (Wildman–Crippen MR) is 103 cm³/mol. The van der Waals surface area contributed by atoms with Crippen LogP contribution in [-0.4, -0.2) is 37.9 Å². The van der Waals surface area contributed by atoms with Crippen molar-refractivity contribution in [2.75, 3.05) is 12.4 Å². The molecule has 0 amide bonds. The molecule has 2 N–H and O–H groups in total. The smallest absolute Gasteiger partial charge is 0.156 e. The highest BCUT2D eigenvalue weighted by atomic mass is 35.5. The van der Waals surface area contributed by atoms with Crippen LogP contribution in [0, 0.1) is 0 Å². The summed E-state index contributed by atoms with van der Waals surface area (Å²) in [5.41, 5.74) is 7.36. The quantitative estimate of drug-likeness (QED) is 0.780. The Kier molecular flexibility index (Phi) is 9.77. The summed E-state index contributed by atoms with van der Waals surface area (Å²) in [4.78, 5) is 4.28. The van der Waals surface area contributed by atoms with Gasteiger partial charge in [-0.3, -0.25) is 4.98 Å². The Bertz CT molecular complexity index is 739. The van der Waals surface area contributed by atoms with E-state index in [0.29, 0.717) is 5.56 Å². The minimum Gasteiger partial charge on any atom is -0.377 e. The first-order valence-corrected chi connectivity index (χ1v) is 9.09. The largest absolute Gasteiger partial charge is 0.377 e. The van der Waals surface area contributed by atoms with Crippen molar-refractivity contribution in [2.45, 2.75) is 31.7 Å². The highest BCUT2D eigenvalue weighted by Crippen LogP contribution is 2.15. The van der Waals surface area contributed by atoms with Crippen LogP contribution in [0.3, 0.4) is 0 Å². The molecule has 0 aliphatic heterocycles. The number of para-hydroxylation sites is 1. The average molecular weight is 395 g/mol. The Hall–Kier alpha value is -0.920. The monoisotopic (exact) mass is 394 g/mol. The Morgan fingerprint density at radius 3 is 2.54 bits per heavy atom. The summed E-state index contributed by atoms with van der Waals surface area (Å²) >= 11 is 0. The molecule has 0 aliphatic carbocycles. The van der Waals surface area contributed by atoms with Gasteiger partial charge in [0, 0.05) is 17.6 Å². The van der Waals surface area contributed by atoms with Crippen LogP contribution in [0.15, 0.2) is 36.5 Å². The van der Waals surface area contributed by atoms with Gasteiger partial charge in [0.05, 0.1) is 29.7 Å². The zero-order valence-corrected chi connectivity index (χ0v) is 16.2. The van der Waals surface area contributed by atoms with Crippen molar-refractivity contribution in [1.29, 1.82) is 0 Å². The van der Waals surface area contributed by atoms with Crippen LogP contribution in [0.2, 0.25) is 0 Å². The first-order chi connectivity index (χ1) is 10.4. The number of halogens is 2. The molecule has 1 unspecified atom stereocenters. The Balaban J connectivity index is 0.00000264. The Morgan fingerprint density at radius 2 is 1.88 bits per heavy atom. The molecule has 24 heavy (non-hydrogen) atoms. The van der Waals surface area contributed by atoms with E-state index >= 15 is 0 Å². The molecule has 1 aromatic carbocycles. The second-order valence-electron chi connectivity index (χ2n) is 5.73. The number of pyridine rings is 1. The number of fused-ring (bicyclic) bond motifs is 1. The van der Waals surface area contributed by atoms with Gasteiger partial charge in [-0.15, -0.1) is 24.8 Å². The lowest BCUT2D eigenvalue weighted by atomic mass is 10.2. The third-order valence-corrected chi connectivity index (χ3v) is 4.85. The van der Waals surface area contributed by atoms with Gasteiger partial charge in [-0.05, 0) is 31.5 Å². The number of nitrogens with two attached hydrogens (primary N) is 1. The molecule has 0 bridgehead atoms. The number of hydrogen-bond donors (Lipinski definition) is 1. The first-order valence-electron chi connectivity index (χ1n) is 7.27. The maximum atomic E-state index is 12.2. The van der Waals surface area contributed by atoms with E-state index in [1.165, 1.54) is 0 Å². The van der Waals surface area contributed by atoms with Crippen molar-refractivity contribution in [2.24, 2.45) is 5.73 Å². The maximum Gasteiger partial charge on any atom is 0.156 e. The normalized spacial score (nSPS) is 12.5. The van der Waals surface area contributed by atoms with Gasteiger partial charge in [0.15, 0.2) is 9.84 Å². The van der Waals surface area contributed by atoms with Gasteiger partial charge in [-0.1, -0.05) is 18.2 Å². The van der Waals surface area contributed by atoms with E-state index in [4.69, 9.17) is 10.5 Å². The van der Waals surface area contributed by atoms with Gasteiger partial charge in [0.25, 0.3) is 0 Å². The number of hydrogen-bond acceptors (Lipinski definition) is 5. The summed E-state index contributed by atoms with van der Waals surface area (Å²) in [6.45, 7) is 4.02. The van der Waals surface area contributed by atoms with E-state index in [1.54, 1.807) is 6.20 Å². The van der Waals surface area contributed by atoms with Crippen molar-refractivity contribution in [3.63, 3.8) is 0 Å². The van der Waals surface area contributed by atoms with E-state index in [0.717, 1.165) is 10.9 Å². The van der Waals surface area contributed by atoms with Gasteiger partial charge >= 0.3 is 0 Å². The first kappa shape index (κ1) is 23.1. The van der Waals surface area contributed by atoms with Crippen LogP contribution < -0.4 is 5.73 Å². The number of aromatic nitrogens is 1. The van der Waals surface area contributed by atoms with E-state index in [1.807, 2.05) is 44.2 Å². The molecule has 2 rings (SSSR count). The van der Waals surface area contributed by atoms with Crippen LogP contribution in [0.5, 0.6) is 0 Å². The summed E-state index contributed by atoms with van der Waals surface area (Å²) in [5.74, 6) is -0.146. The summed E-state index contributed by atoms with van der Waals surface area (Å²) in [7, 11) is -3.30. The molecule has 1 atom stereocenters. The number of benzene rings is 1. The molecule has 0 aliphatic rings. The molecule has 0 spiro atoms. The van der Waals surface area contributed by atoms with Gasteiger partial charge in [0.2, 0.25) is 0 Å². The summed E-state index contributed by atoms with van der Waals surface area (Å²) in [6.07, 6.45) is 1.65. The van der Waals surface area contributed by atoms with Crippen LogP contribution in [-0.2, 0) is 20.3 Å². The molecule has 0 saturated heterocycles. The molecular formula is C16H24Cl2N2O3S. The zero-order chi connectivity index (χ0) is 16.2.